The Morgan fingerprint density at radius 3 is 2.25 bits per heavy atom. The van der Waals surface area contributed by atoms with Crippen LogP contribution < -0.4 is 0 Å². The molecule has 0 aromatic heterocycles. The van der Waals surface area contributed by atoms with E-state index in [0.29, 0.717) is 6.29 Å². The third-order valence-electron chi connectivity index (χ3n) is 1.53. The lowest BCUT2D eigenvalue weighted by Gasteiger charge is -2.17. The van der Waals surface area contributed by atoms with Crippen molar-refractivity contribution >= 4 is 13.9 Å². The Bertz CT molecular complexity index is 307. The van der Waals surface area contributed by atoms with Crippen LogP contribution in [-0.2, 0) is 23.1 Å². The van der Waals surface area contributed by atoms with Crippen molar-refractivity contribution in [2.24, 2.45) is 0 Å². The van der Waals surface area contributed by atoms with E-state index >= 15 is 0 Å². The van der Waals surface area contributed by atoms with E-state index in [4.69, 9.17) is 13.8 Å². The molecule has 92 valence electrons. The molecule has 0 heterocycles. The lowest BCUT2D eigenvalue weighted by Crippen LogP contribution is -2.02. The van der Waals surface area contributed by atoms with Gasteiger partial charge >= 0.3 is 7.60 Å². The van der Waals surface area contributed by atoms with Gasteiger partial charge in [-0.15, -0.1) is 5.73 Å². The summed E-state index contributed by atoms with van der Waals surface area (Å²) in [5.41, 5.74) is 2.57. The number of carbonyl (C=O) groups is 1. The Morgan fingerprint density at radius 1 is 1.31 bits per heavy atom. The molecule has 0 N–H and O–H groups in total. The zero-order valence-corrected chi connectivity index (χ0v) is 10.7. The predicted octanol–water partition coefficient (Wildman–Crippen LogP) is 2.14. The van der Waals surface area contributed by atoms with E-state index in [2.05, 4.69) is 5.73 Å². The molecule has 0 aromatic carbocycles. The van der Waals surface area contributed by atoms with Crippen LogP contribution in [0.4, 0.5) is 0 Å². The zero-order chi connectivity index (χ0) is 12.4. The highest BCUT2D eigenvalue weighted by Gasteiger charge is 2.29. The van der Waals surface area contributed by atoms with Crippen LogP contribution in [0, 0.1) is 0 Å². The molecule has 0 spiro atoms. The topological polar surface area (TPSA) is 61.8 Å². The van der Waals surface area contributed by atoms with E-state index in [1.54, 1.807) is 13.8 Å². The van der Waals surface area contributed by atoms with E-state index < -0.39 is 7.60 Å². The van der Waals surface area contributed by atoms with Gasteiger partial charge in [-0.05, 0) is 13.8 Å². The molecule has 0 aliphatic heterocycles. The van der Waals surface area contributed by atoms with Gasteiger partial charge in [-0.25, -0.2) is 0 Å². The van der Waals surface area contributed by atoms with Gasteiger partial charge in [-0.3, -0.25) is 9.36 Å². The van der Waals surface area contributed by atoms with Crippen molar-refractivity contribution < 1.29 is 23.1 Å². The summed E-state index contributed by atoms with van der Waals surface area (Å²) >= 11 is 0. The van der Waals surface area contributed by atoms with Crippen molar-refractivity contribution in [1.29, 1.82) is 0 Å². The van der Waals surface area contributed by atoms with Crippen LogP contribution in [0.15, 0.2) is 17.1 Å². The number of carbonyl (C=O) groups excluding carboxylic acids is 1. The first-order chi connectivity index (χ1) is 7.64. The molecule has 0 saturated carbocycles. The minimum absolute atomic E-state index is 0.0433. The van der Waals surface area contributed by atoms with E-state index in [9.17, 15) is 9.36 Å². The van der Waals surface area contributed by atoms with Crippen LogP contribution in [-0.4, -0.2) is 33.2 Å². The molecule has 5 nitrogen and oxygen atoms in total. The van der Waals surface area contributed by atoms with E-state index in [1.807, 2.05) is 0 Å². The van der Waals surface area contributed by atoms with Crippen LogP contribution in [0.3, 0.4) is 0 Å². The van der Waals surface area contributed by atoms with Crippen LogP contribution in [0.2, 0.25) is 0 Å². The molecule has 0 aromatic rings. The molecular weight excluding hydrogens is 231 g/mol. The molecule has 0 atom stereocenters. The molecule has 0 fully saturated rings. The maximum atomic E-state index is 12.2. The van der Waals surface area contributed by atoms with Crippen molar-refractivity contribution in [1.82, 2.24) is 0 Å². The Labute approximate surface area is 95.6 Å². The third-order valence-corrected chi connectivity index (χ3v) is 3.64. The molecule has 0 radical (unpaired) electrons. The van der Waals surface area contributed by atoms with Crippen molar-refractivity contribution in [3.63, 3.8) is 0 Å². The SMILES string of the molecule is CCOP(=O)(OCC)C(=C=CC=O)COC. The molecule has 0 saturated heterocycles. The Kier molecular flexibility index (Phi) is 8.08. The highest BCUT2D eigenvalue weighted by Crippen LogP contribution is 2.55. The predicted molar refractivity (Wildman–Crippen MR) is 60.4 cm³/mol. The third kappa shape index (κ3) is 4.88. The first-order valence-electron chi connectivity index (χ1n) is 4.92. The molecule has 0 bridgehead atoms. The number of hydrogen-bond acceptors (Lipinski definition) is 5. The zero-order valence-electron chi connectivity index (χ0n) is 9.76. The lowest BCUT2D eigenvalue weighted by atomic mass is 10.5. The molecule has 6 heteroatoms. The first-order valence-corrected chi connectivity index (χ1v) is 6.46. The summed E-state index contributed by atoms with van der Waals surface area (Å²) in [6.07, 6.45) is 1.65. The smallest absolute Gasteiger partial charge is 0.367 e. The Morgan fingerprint density at radius 2 is 1.88 bits per heavy atom. The number of methoxy groups -OCH3 is 1. The van der Waals surface area contributed by atoms with Gasteiger partial charge in [0.25, 0.3) is 0 Å². The van der Waals surface area contributed by atoms with Crippen molar-refractivity contribution in [2.45, 2.75) is 13.8 Å². The summed E-state index contributed by atoms with van der Waals surface area (Å²) in [7, 11) is -1.94. The van der Waals surface area contributed by atoms with Gasteiger partial charge in [0.15, 0.2) is 6.29 Å². The summed E-state index contributed by atoms with van der Waals surface area (Å²) in [6.45, 7) is 3.95. The number of rotatable bonds is 8. The summed E-state index contributed by atoms with van der Waals surface area (Å²) in [5, 5.41) is 0.214. The highest BCUT2D eigenvalue weighted by atomic mass is 31.2. The highest BCUT2D eigenvalue weighted by molar-refractivity contribution is 7.58. The van der Waals surface area contributed by atoms with Gasteiger partial charge in [-0.1, -0.05) is 0 Å². The monoisotopic (exact) mass is 248 g/mol. The lowest BCUT2D eigenvalue weighted by molar-refractivity contribution is -0.104. The fraction of sp³-hybridized carbons (Fsp3) is 0.600. The molecule has 16 heavy (non-hydrogen) atoms. The molecule has 0 aliphatic rings. The maximum absolute atomic E-state index is 12.2. The minimum atomic E-state index is -3.39. The molecular formula is C10H17O5P. The number of hydrogen-bond donors (Lipinski definition) is 0. The van der Waals surface area contributed by atoms with Gasteiger partial charge in [0, 0.05) is 13.2 Å². The van der Waals surface area contributed by atoms with Crippen LogP contribution in [0.25, 0.3) is 0 Å². The van der Waals surface area contributed by atoms with Gasteiger partial charge in [-0.2, -0.15) is 0 Å². The Hall–Kier alpha value is -0.700. The summed E-state index contributed by atoms with van der Waals surface area (Å²) in [4.78, 5) is 10.2. The van der Waals surface area contributed by atoms with Crippen molar-refractivity contribution in [3.05, 3.63) is 17.1 Å². The number of aldehydes is 1. The average Bonchev–Trinajstić information content (AvgIpc) is 2.24. The summed E-state index contributed by atoms with van der Waals surface area (Å²) in [5.74, 6) is 0. The normalized spacial score (nSPS) is 10.7. The van der Waals surface area contributed by atoms with Crippen LogP contribution >= 0.6 is 7.60 Å². The second-order valence-electron chi connectivity index (χ2n) is 2.66. The molecule has 0 unspecified atom stereocenters. The largest absolute Gasteiger partial charge is 0.379 e. The minimum Gasteiger partial charge on any atom is -0.379 e. The van der Waals surface area contributed by atoms with Gasteiger partial charge in [0.2, 0.25) is 0 Å². The van der Waals surface area contributed by atoms with Gasteiger partial charge in [0.05, 0.1) is 19.8 Å². The van der Waals surface area contributed by atoms with Gasteiger partial charge in [0.1, 0.15) is 5.31 Å². The van der Waals surface area contributed by atoms with E-state index in [1.165, 1.54) is 7.11 Å². The average molecular weight is 248 g/mol. The molecule has 0 aliphatic carbocycles. The standard InChI is InChI=1S/C10H17O5P/c1-4-14-16(12,15-5-2)10(9-13-3)7-6-8-11/h6,8H,4-5,9H2,1-3H3. The summed E-state index contributed by atoms with van der Waals surface area (Å²) in [6, 6.07) is 0. The molecule has 0 amide bonds. The summed E-state index contributed by atoms with van der Waals surface area (Å²) < 4.78 is 27.3. The fourth-order valence-corrected chi connectivity index (χ4v) is 2.59. The maximum Gasteiger partial charge on any atom is 0.367 e. The van der Waals surface area contributed by atoms with Crippen LogP contribution in [0.5, 0.6) is 0 Å². The molecule has 0 rings (SSSR count). The second-order valence-corrected chi connectivity index (χ2v) is 4.71. The van der Waals surface area contributed by atoms with Crippen molar-refractivity contribution in [3.8, 4) is 0 Å². The fourth-order valence-electron chi connectivity index (χ4n) is 1.000. The van der Waals surface area contributed by atoms with Crippen molar-refractivity contribution in [2.75, 3.05) is 26.9 Å². The Balaban J connectivity index is 5.17. The quantitative estimate of drug-likeness (QED) is 0.285. The van der Waals surface area contributed by atoms with Crippen LogP contribution in [0.1, 0.15) is 13.8 Å². The van der Waals surface area contributed by atoms with E-state index in [0.717, 1.165) is 6.08 Å². The second kappa shape index (κ2) is 8.45. The number of ether oxygens (including phenoxy) is 1. The van der Waals surface area contributed by atoms with E-state index in [-0.39, 0.29) is 25.1 Å². The van der Waals surface area contributed by atoms with Gasteiger partial charge < -0.3 is 13.8 Å². The first kappa shape index (κ1) is 15.3.